The van der Waals surface area contributed by atoms with Crippen molar-refractivity contribution in [3.05, 3.63) is 35.1 Å². The quantitative estimate of drug-likeness (QED) is 0.876. The topological polar surface area (TPSA) is 32.3 Å². The molecule has 1 atom stereocenters. The molecular weight excluding hydrogens is 231 g/mol. The Morgan fingerprint density at radius 1 is 1.39 bits per heavy atom. The Hall–Kier alpha value is -1.58. The third kappa shape index (κ3) is 3.45. The summed E-state index contributed by atoms with van der Waals surface area (Å²) in [5.74, 6) is -0.239. The van der Waals surface area contributed by atoms with E-state index in [0.29, 0.717) is 18.7 Å². The maximum Gasteiger partial charge on any atom is 0.317 e. The first-order chi connectivity index (χ1) is 8.49. The Bertz CT molecular complexity index is 416. The summed E-state index contributed by atoms with van der Waals surface area (Å²) in [5, 5.41) is 2.87. The number of urea groups is 1. The van der Waals surface area contributed by atoms with Gasteiger partial charge in [-0.15, -0.1) is 0 Å². The zero-order valence-corrected chi connectivity index (χ0v) is 11.5. The molecule has 0 spiro atoms. The number of amides is 2. The van der Waals surface area contributed by atoms with Crippen LogP contribution in [0.5, 0.6) is 0 Å². The first-order valence-corrected chi connectivity index (χ1v) is 6.31. The average Bonchev–Trinajstić information content (AvgIpc) is 2.34. The fourth-order valence-electron chi connectivity index (χ4n) is 1.75. The lowest BCUT2D eigenvalue weighted by Crippen LogP contribution is -2.40. The second kappa shape index (κ2) is 6.38. The van der Waals surface area contributed by atoms with Crippen molar-refractivity contribution in [2.24, 2.45) is 0 Å². The highest BCUT2D eigenvalue weighted by atomic mass is 19.1. The molecule has 18 heavy (non-hydrogen) atoms. The molecule has 3 nitrogen and oxygen atoms in total. The van der Waals surface area contributed by atoms with Crippen LogP contribution in [0.4, 0.5) is 9.18 Å². The van der Waals surface area contributed by atoms with Crippen LogP contribution in [0, 0.1) is 12.7 Å². The van der Waals surface area contributed by atoms with Gasteiger partial charge in [0.05, 0.1) is 6.04 Å². The molecule has 0 fully saturated rings. The molecule has 0 radical (unpaired) electrons. The van der Waals surface area contributed by atoms with Crippen molar-refractivity contribution in [1.82, 2.24) is 10.2 Å². The van der Waals surface area contributed by atoms with Gasteiger partial charge in [-0.2, -0.15) is 0 Å². The highest BCUT2D eigenvalue weighted by molar-refractivity contribution is 5.74. The van der Waals surface area contributed by atoms with E-state index in [0.717, 1.165) is 5.56 Å². The molecule has 0 aliphatic heterocycles. The summed E-state index contributed by atoms with van der Waals surface area (Å²) in [5.41, 5.74) is 1.39. The molecule has 4 heteroatoms. The number of hydrogen-bond donors (Lipinski definition) is 1. The van der Waals surface area contributed by atoms with Crippen LogP contribution in [0.15, 0.2) is 18.2 Å². The third-order valence-electron chi connectivity index (χ3n) is 3.09. The van der Waals surface area contributed by atoms with Crippen molar-refractivity contribution in [3.63, 3.8) is 0 Å². The molecule has 1 rings (SSSR count). The highest BCUT2D eigenvalue weighted by Crippen LogP contribution is 2.16. The predicted octanol–water partition coefficient (Wildman–Crippen LogP) is 3.25. The van der Waals surface area contributed by atoms with Gasteiger partial charge in [-0.3, -0.25) is 0 Å². The van der Waals surface area contributed by atoms with Crippen LogP contribution in [-0.2, 0) is 0 Å². The Kier molecular flexibility index (Phi) is 5.13. The van der Waals surface area contributed by atoms with Crippen molar-refractivity contribution in [3.8, 4) is 0 Å². The first kappa shape index (κ1) is 14.5. The monoisotopic (exact) mass is 252 g/mol. The minimum absolute atomic E-state index is 0.117. The average molecular weight is 252 g/mol. The van der Waals surface area contributed by atoms with Crippen molar-refractivity contribution in [2.75, 3.05) is 13.1 Å². The summed E-state index contributed by atoms with van der Waals surface area (Å²) >= 11 is 0. The smallest absolute Gasteiger partial charge is 0.317 e. The number of nitrogens with one attached hydrogen (secondary N) is 1. The summed E-state index contributed by atoms with van der Waals surface area (Å²) < 4.78 is 13.4. The fraction of sp³-hybridized carbons (Fsp3) is 0.500. The summed E-state index contributed by atoms with van der Waals surface area (Å²) in [7, 11) is 0. The van der Waals surface area contributed by atoms with Crippen molar-refractivity contribution >= 4 is 6.03 Å². The molecule has 1 unspecified atom stereocenters. The SMILES string of the molecule is CCN(CC)C(=O)NC(C)c1ccc(C)c(F)c1. The lowest BCUT2D eigenvalue weighted by atomic mass is 10.1. The molecule has 0 aliphatic rings. The molecule has 1 aromatic carbocycles. The van der Waals surface area contributed by atoms with E-state index in [1.165, 1.54) is 6.07 Å². The number of hydrogen-bond acceptors (Lipinski definition) is 1. The van der Waals surface area contributed by atoms with Crippen LogP contribution in [-0.4, -0.2) is 24.0 Å². The van der Waals surface area contributed by atoms with E-state index in [-0.39, 0.29) is 17.9 Å². The van der Waals surface area contributed by atoms with E-state index in [2.05, 4.69) is 5.32 Å². The third-order valence-corrected chi connectivity index (χ3v) is 3.09. The van der Waals surface area contributed by atoms with Gasteiger partial charge < -0.3 is 10.2 Å². The number of nitrogens with zero attached hydrogens (tertiary/aromatic N) is 1. The van der Waals surface area contributed by atoms with Crippen LogP contribution in [0.3, 0.4) is 0 Å². The standard InChI is InChI=1S/C14H21FN2O/c1-5-17(6-2)14(18)16-11(4)12-8-7-10(3)13(15)9-12/h7-9,11H,5-6H2,1-4H3,(H,16,18). The van der Waals surface area contributed by atoms with E-state index in [1.54, 1.807) is 17.9 Å². The van der Waals surface area contributed by atoms with Gasteiger partial charge >= 0.3 is 6.03 Å². The second-order valence-electron chi connectivity index (χ2n) is 4.35. The van der Waals surface area contributed by atoms with Gasteiger partial charge in [0.1, 0.15) is 5.82 Å². The lowest BCUT2D eigenvalue weighted by molar-refractivity contribution is 0.200. The second-order valence-corrected chi connectivity index (χ2v) is 4.35. The van der Waals surface area contributed by atoms with Gasteiger partial charge in [-0.1, -0.05) is 12.1 Å². The lowest BCUT2D eigenvalue weighted by Gasteiger charge is -2.22. The van der Waals surface area contributed by atoms with Gasteiger partial charge in [-0.05, 0) is 44.9 Å². The molecule has 100 valence electrons. The van der Waals surface area contributed by atoms with Crippen LogP contribution < -0.4 is 5.32 Å². The Labute approximate surface area is 108 Å². The Morgan fingerprint density at radius 2 is 2.00 bits per heavy atom. The van der Waals surface area contributed by atoms with E-state index in [9.17, 15) is 9.18 Å². The van der Waals surface area contributed by atoms with E-state index in [4.69, 9.17) is 0 Å². The van der Waals surface area contributed by atoms with Crippen molar-refractivity contribution < 1.29 is 9.18 Å². The summed E-state index contributed by atoms with van der Waals surface area (Å²) in [6, 6.07) is 4.72. The number of carbonyl (C=O) groups excluding carboxylic acids is 1. The molecule has 0 saturated heterocycles. The van der Waals surface area contributed by atoms with Crippen LogP contribution in [0.25, 0.3) is 0 Å². The van der Waals surface area contributed by atoms with Gasteiger partial charge in [0, 0.05) is 13.1 Å². The van der Waals surface area contributed by atoms with E-state index >= 15 is 0 Å². The number of benzene rings is 1. The van der Waals surface area contributed by atoms with Crippen molar-refractivity contribution in [1.29, 1.82) is 0 Å². The fourth-order valence-corrected chi connectivity index (χ4v) is 1.75. The van der Waals surface area contributed by atoms with Crippen molar-refractivity contribution in [2.45, 2.75) is 33.7 Å². The van der Waals surface area contributed by atoms with Gasteiger partial charge in [0.15, 0.2) is 0 Å². The summed E-state index contributed by atoms with van der Waals surface area (Å²) in [4.78, 5) is 13.6. The molecule has 0 aliphatic carbocycles. The minimum Gasteiger partial charge on any atom is -0.331 e. The minimum atomic E-state index is -0.239. The van der Waals surface area contributed by atoms with Crippen LogP contribution in [0.1, 0.15) is 37.9 Å². The molecule has 2 amide bonds. The number of aryl methyl sites for hydroxylation is 1. The maximum atomic E-state index is 13.4. The number of rotatable bonds is 4. The highest BCUT2D eigenvalue weighted by Gasteiger charge is 2.14. The molecule has 1 aromatic rings. The normalized spacial score (nSPS) is 12.1. The van der Waals surface area contributed by atoms with Gasteiger partial charge in [0.2, 0.25) is 0 Å². The van der Waals surface area contributed by atoms with Gasteiger partial charge in [-0.25, -0.2) is 9.18 Å². The van der Waals surface area contributed by atoms with E-state index < -0.39 is 0 Å². The molecule has 0 bridgehead atoms. The van der Waals surface area contributed by atoms with E-state index in [1.807, 2.05) is 26.8 Å². The summed E-state index contributed by atoms with van der Waals surface area (Å²) in [6.45, 7) is 8.76. The summed E-state index contributed by atoms with van der Waals surface area (Å²) in [6.07, 6.45) is 0. The zero-order valence-electron chi connectivity index (χ0n) is 11.5. The Morgan fingerprint density at radius 3 is 2.50 bits per heavy atom. The van der Waals surface area contributed by atoms with Crippen LogP contribution in [0.2, 0.25) is 0 Å². The maximum absolute atomic E-state index is 13.4. The number of halogens is 1. The predicted molar refractivity (Wildman–Crippen MR) is 71.0 cm³/mol. The van der Waals surface area contributed by atoms with Gasteiger partial charge in [0.25, 0.3) is 0 Å². The molecule has 0 aromatic heterocycles. The molecular formula is C14H21FN2O. The molecule has 0 saturated carbocycles. The molecule has 1 N–H and O–H groups in total. The first-order valence-electron chi connectivity index (χ1n) is 6.31. The number of carbonyl (C=O) groups is 1. The zero-order chi connectivity index (χ0) is 13.7. The Balaban J connectivity index is 2.73. The van der Waals surface area contributed by atoms with Crippen LogP contribution >= 0.6 is 0 Å². The molecule has 0 heterocycles. The largest absolute Gasteiger partial charge is 0.331 e.